The number of nitrogen functional groups attached to an aromatic ring is 1. The molecule has 0 bridgehead atoms. The lowest BCUT2D eigenvalue weighted by Gasteiger charge is -2.11. The maximum absolute atomic E-state index is 13.7. The molecule has 19 heavy (non-hydrogen) atoms. The van der Waals surface area contributed by atoms with Gasteiger partial charge in [-0.15, -0.1) is 0 Å². The molecular formula is C10H7Br2F2N5. The van der Waals surface area contributed by atoms with Crippen molar-refractivity contribution in [1.82, 2.24) is 9.97 Å². The van der Waals surface area contributed by atoms with Gasteiger partial charge in [0.25, 0.3) is 0 Å². The number of aromatic nitrogens is 2. The Hall–Kier alpha value is -1.32. The van der Waals surface area contributed by atoms with Gasteiger partial charge in [-0.3, -0.25) is 0 Å². The van der Waals surface area contributed by atoms with Crippen LogP contribution in [0.4, 0.5) is 26.1 Å². The molecule has 1 aromatic carbocycles. The van der Waals surface area contributed by atoms with Crippen LogP contribution in [0.25, 0.3) is 0 Å². The zero-order valence-electron chi connectivity index (χ0n) is 9.22. The van der Waals surface area contributed by atoms with Crippen LogP contribution < -0.4 is 16.6 Å². The van der Waals surface area contributed by atoms with Gasteiger partial charge in [-0.25, -0.2) is 24.6 Å². The maximum atomic E-state index is 13.7. The van der Waals surface area contributed by atoms with Gasteiger partial charge in [0.15, 0.2) is 5.82 Å². The molecule has 1 aromatic heterocycles. The standard InChI is InChI=1S/C10H7Br2F2N5/c11-4-1-6(14)7(2-5(4)13)18-9-8(12)10(19-15)17-3-16-9/h1-3H,15H2,(H2,16,17,18,19). The van der Waals surface area contributed by atoms with Crippen molar-refractivity contribution in [3.8, 4) is 0 Å². The smallest absolute Gasteiger partial charge is 0.159 e. The van der Waals surface area contributed by atoms with Crippen molar-refractivity contribution < 1.29 is 8.78 Å². The molecule has 5 nitrogen and oxygen atoms in total. The first-order valence-electron chi connectivity index (χ1n) is 4.91. The summed E-state index contributed by atoms with van der Waals surface area (Å²) >= 11 is 6.10. The van der Waals surface area contributed by atoms with Gasteiger partial charge in [0, 0.05) is 6.07 Å². The van der Waals surface area contributed by atoms with Crippen LogP contribution in [0.15, 0.2) is 27.4 Å². The third-order valence-corrected chi connectivity index (χ3v) is 3.55. The summed E-state index contributed by atoms with van der Waals surface area (Å²) in [5.74, 6) is 4.60. The fourth-order valence-electron chi connectivity index (χ4n) is 1.30. The van der Waals surface area contributed by atoms with E-state index in [0.29, 0.717) is 10.3 Å². The molecule has 2 rings (SSSR count). The molecule has 0 atom stereocenters. The predicted octanol–water partition coefficient (Wildman–Crippen LogP) is 3.31. The predicted molar refractivity (Wildman–Crippen MR) is 74.9 cm³/mol. The van der Waals surface area contributed by atoms with E-state index in [-0.39, 0.29) is 16.0 Å². The van der Waals surface area contributed by atoms with Crippen molar-refractivity contribution in [3.05, 3.63) is 39.0 Å². The Morgan fingerprint density at radius 1 is 1.05 bits per heavy atom. The highest BCUT2D eigenvalue weighted by Crippen LogP contribution is 2.31. The Balaban J connectivity index is 2.39. The summed E-state index contributed by atoms with van der Waals surface area (Å²) in [5.41, 5.74) is 2.29. The molecule has 0 amide bonds. The molecular weight excluding hydrogens is 388 g/mol. The second kappa shape index (κ2) is 5.76. The van der Waals surface area contributed by atoms with Crippen molar-refractivity contribution in [3.63, 3.8) is 0 Å². The molecule has 0 saturated heterocycles. The van der Waals surface area contributed by atoms with Crippen molar-refractivity contribution in [1.29, 1.82) is 0 Å². The topological polar surface area (TPSA) is 75.9 Å². The van der Waals surface area contributed by atoms with Crippen molar-refractivity contribution in [2.45, 2.75) is 0 Å². The number of nitrogens with zero attached hydrogens (tertiary/aromatic N) is 2. The molecule has 9 heteroatoms. The fraction of sp³-hybridized carbons (Fsp3) is 0. The molecule has 0 fully saturated rings. The third-order valence-electron chi connectivity index (χ3n) is 2.19. The monoisotopic (exact) mass is 393 g/mol. The van der Waals surface area contributed by atoms with E-state index in [4.69, 9.17) is 5.84 Å². The van der Waals surface area contributed by atoms with E-state index in [1.54, 1.807) is 0 Å². The van der Waals surface area contributed by atoms with Crippen LogP contribution in [0.5, 0.6) is 0 Å². The Morgan fingerprint density at radius 3 is 2.42 bits per heavy atom. The van der Waals surface area contributed by atoms with Gasteiger partial charge in [0.05, 0.1) is 10.2 Å². The average molecular weight is 395 g/mol. The van der Waals surface area contributed by atoms with E-state index in [1.807, 2.05) is 0 Å². The van der Waals surface area contributed by atoms with E-state index in [9.17, 15) is 8.78 Å². The Labute approximate surface area is 123 Å². The van der Waals surface area contributed by atoms with Gasteiger partial charge < -0.3 is 10.7 Å². The first-order chi connectivity index (χ1) is 9.02. The van der Waals surface area contributed by atoms with Gasteiger partial charge in [-0.1, -0.05) is 0 Å². The number of hydrogen-bond donors (Lipinski definition) is 3. The van der Waals surface area contributed by atoms with Crippen LogP contribution in [-0.4, -0.2) is 9.97 Å². The summed E-state index contributed by atoms with van der Waals surface area (Å²) in [6.45, 7) is 0. The maximum Gasteiger partial charge on any atom is 0.159 e. The Morgan fingerprint density at radius 2 is 1.74 bits per heavy atom. The van der Waals surface area contributed by atoms with E-state index in [2.05, 4.69) is 52.6 Å². The van der Waals surface area contributed by atoms with Gasteiger partial charge >= 0.3 is 0 Å². The van der Waals surface area contributed by atoms with E-state index < -0.39 is 11.6 Å². The molecule has 0 aliphatic heterocycles. The summed E-state index contributed by atoms with van der Waals surface area (Å²) in [6.07, 6.45) is 1.23. The summed E-state index contributed by atoms with van der Waals surface area (Å²) < 4.78 is 27.5. The molecule has 100 valence electrons. The second-order valence-corrected chi connectivity index (χ2v) is 5.05. The zero-order chi connectivity index (χ0) is 14.0. The van der Waals surface area contributed by atoms with E-state index in [1.165, 1.54) is 6.33 Å². The van der Waals surface area contributed by atoms with Crippen LogP contribution in [-0.2, 0) is 0 Å². The molecule has 0 unspecified atom stereocenters. The molecule has 0 aliphatic rings. The number of halogens is 4. The van der Waals surface area contributed by atoms with Crippen LogP contribution in [0, 0.1) is 11.6 Å². The molecule has 2 aromatic rings. The molecule has 0 aliphatic carbocycles. The van der Waals surface area contributed by atoms with Crippen LogP contribution in [0.1, 0.15) is 0 Å². The summed E-state index contributed by atoms with van der Waals surface area (Å²) in [5, 5.41) is 2.65. The van der Waals surface area contributed by atoms with Crippen LogP contribution in [0.3, 0.4) is 0 Å². The second-order valence-electron chi connectivity index (χ2n) is 3.40. The first-order valence-corrected chi connectivity index (χ1v) is 6.50. The number of benzene rings is 1. The lowest BCUT2D eigenvalue weighted by atomic mass is 10.3. The molecule has 1 heterocycles. The summed E-state index contributed by atoms with van der Waals surface area (Å²) in [7, 11) is 0. The Bertz CT molecular complexity index is 623. The van der Waals surface area contributed by atoms with Crippen LogP contribution in [0.2, 0.25) is 0 Å². The minimum atomic E-state index is -0.624. The number of rotatable bonds is 3. The van der Waals surface area contributed by atoms with E-state index in [0.717, 1.165) is 12.1 Å². The van der Waals surface area contributed by atoms with Gasteiger partial charge in [-0.05, 0) is 37.9 Å². The normalized spacial score (nSPS) is 10.4. The summed E-state index contributed by atoms with van der Waals surface area (Å²) in [6, 6.07) is 2.04. The van der Waals surface area contributed by atoms with Gasteiger partial charge in [-0.2, -0.15) is 0 Å². The van der Waals surface area contributed by atoms with Crippen molar-refractivity contribution in [2.75, 3.05) is 10.7 Å². The number of hydrazine groups is 1. The van der Waals surface area contributed by atoms with Crippen molar-refractivity contribution in [2.24, 2.45) is 5.84 Å². The highest BCUT2D eigenvalue weighted by atomic mass is 79.9. The molecule has 0 radical (unpaired) electrons. The highest BCUT2D eigenvalue weighted by Gasteiger charge is 2.12. The lowest BCUT2D eigenvalue weighted by molar-refractivity contribution is 0.597. The van der Waals surface area contributed by atoms with Gasteiger partial charge in [0.2, 0.25) is 0 Å². The number of anilines is 3. The highest BCUT2D eigenvalue weighted by molar-refractivity contribution is 9.11. The Kier molecular flexibility index (Phi) is 4.27. The van der Waals surface area contributed by atoms with Crippen molar-refractivity contribution >= 4 is 49.2 Å². The van der Waals surface area contributed by atoms with Crippen LogP contribution >= 0.6 is 31.9 Å². The first kappa shape index (κ1) is 14.1. The largest absolute Gasteiger partial charge is 0.337 e. The molecule has 0 saturated carbocycles. The minimum Gasteiger partial charge on any atom is -0.337 e. The molecule has 4 N–H and O–H groups in total. The zero-order valence-corrected chi connectivity index (χ0v) is 12.4. The number of nitrogens with one attached hydrogen (secondary N) is 2. The number of nitrogens with two attached hydrogens (primary N) is 1. The molecule has 0 spiro atoms. The SMILES string of the molecule is NNc1ncnc(Nc2cc(F)c(Br)cc2F)c1Br. The summed E-state index contributed by atoms with van der Waals surface area (Å²) in [4.78, 5) is 7.75. The minimum absolute atomic E-state index is 0.0432. The van der Waals surface area contributed by atoms with Gasteiger partial charge in [0.1, 0.15) is 28.3 Å². The van der Waals surface area contributed by atoms with E-state index >= 15 is 0 Å². The third kappa shape index (κ3) is 2.99. The average Bonchev–Trinajstić information content (AvgIpc) is 2.38. The number of hydrogen-bond acceptors (Lipinski definition) is 5. The fourth-order valence-corrected chi connectivity index (χ4v) is 2.04. The lowest BCUT2D eigenvalue weighted by Crippen LogP contribution is -2.10. The quantitative estimate of drug-likeness (QED) is 0.423.